The van der Waals surface area contributed by atoms with Crippen molar-refractivity contribution in [1.29, 1.82) is 0 Å². The van der Waals surface area contributed by atoms with Gasteiger partial charge in [-0.2, -0.15) is 0 Å². The van der Waals surface area contributed by atoms with Crippen molar-refractivity contribution in [2.45, 2.75) is 12.5 Å². The predicted molar refractivity (Wildman–Crippen MR) is 86.2 cm³/mol. The van der Waals surface area contributed by atoms with E-state index in [9.17, 15) is 14.0 Å². The number of nitrogens with zero attached hydrogens (tertiary/aromatic N) is 2. The predicted octanol–water partition coefficient (Wildman–Crippen LogP) is 2.51. The van der Waals surface area contributed by atoms with Crippen LogP contribution >= 0.6 is 0 Å². The molecule has 1 aliphatic heterocycles. The van der Waals surface area contributed by atoms with Gasteiger partial charge in [0.1, 0.15) is 5.82 Å². The third-order valence-corrected chi connectivity index (χ3v) is 4.20. The lowest BCUT2D eigenvalue weighted by atomic mass is 10.0. The lowest BCUT2D eigenvalue weighted by Gasteiger charge is -2.19. The third-order valence-electron chi connectivity index (χ3n) is 4.20. The van der Waals surface area contributed by atoms with Crippen LogP contribution in [-0.2, 0) is 11.8 Å². The zero-order valence-electron chi connectivity index (χ0n) is 13.0. The number of benzene rings is 1. The summed E-state index contributed by atoms with van der Waals surface area (Å²) in [5, 5.41) is 0. The molecule has 1 fully saturated rings. The van der Waals surface area contributed by atoms with Crippen LogP contribution in [0.25, 0.3) is 6.08 Å². The Balaban J connectivity index is 1.95. The molecule has 2 aromatic rings. The molecule has 0 saturated carbocycles. The fraction of sp³-hybridized carbons (Fsp3) is 0.222. The molecule has 1 saturated heterocycles. The largest absolute Gasteiger partial charge is 0.335 e. The number of amides is 1. The lowest BCUT2D eigenvalue weighted by molar-refractivity contribution is -0.124. The average Bonchev–Trinajstić information content (AvgIpc) is 2.81. The van der Waals surface area contributed by atoms with E-state index in [0.717, 1.165) is 5.56 Å². The summed E-state index contributed by atoms with van der Waals surface area (Å²) in [6.45, 7) is 0. The highest BCUT2D eigenvalue weighted by atomic mass is 19.1. The van der Waals surface area contributed by atoms with Crippen molar-refractivity contribution in [2.75, 3.05) is 7.05 Å². The molecule has 0 N–H and O–H groups in total. The van der Waals surface area contributed by atoms with Crippen molar-refractivity contribution >= 4 is 12.0 Å². The number of pyridine rings is 1. The minimum Gasteiger partial charge on any atom is -0.335 e. The topological polar surface area (TPSA) is 42.3 Å². The second kappa shape index (κ2) is 5.83. The number of rotatable bonds is 2. The zero-order chi connectivity index (χ0) is 16.6. The van der Waals surface area contributed by atoms with E-state index in [1.807, 2.05) is 0 Å². The summed E-state index contributed by atoms with van der Waals surface area (Å²) < 4.78 is 15.3. The Kier molecular flexibility index (Phi) is 3.86. The summed E-state index contributed by atoms with van der Waals surface area (Å²) in [6, 6.07) is 9.47. The van der Waals surface area contributed by atoms with Gasteiger partial charge in [-0.15, -0.1) is 0 Å². The number of hydrogen-bond donors (Lipinski definition) is 0. The van der Waals surface area contributed by atoms with Gasteiger partial charge in [0.15, 0.2) is 0 Å². The van der Waals surface area contributed by atoms with Gasteiger partial charge in [0, 0.05) is 43.9 Å². The second-order valence-corrected chi connectivity index (χ2v) is 5.74. The Morgan fingerprint density at radius 3 is 2.57 bits per heavy atom. The van der Waals surface area contributed by atoms with Crippen LogP contribution in [0.4, 0.5) is 4.39 Å². The first-order valence-corrected chi connectivity index (χ1v) is 7.36. The van der Waals surface area contributed by atoms with Gasteiger partial charge in [-0.05, 0) is 17.7 Å². The molecule has 2 heterocycles. The maximum absolute atomic E-state index is 13.8. The van der Waals surface area contributed by atoms with E-state index in [1.165, 1.54) is 16.7 Å². The molecule has 1 aliphatic rings. The molecule has 118 valence electrons. The van der Waals surface area contributed by atoms with Crippen LogP contribution in [0, 0.1) is 5.82 Å². The normalized spacial score (nSPS) is 19.6. The first-order valence-electron chi connectivity index (χ1n) is 7.36. The quantitative estimate of drug-likeness (QED) is 0.800. The summed E-state index contributed by atoms with van der Waals surface area (Å²) in [5.74, 6) is -0.465. The van der Waals surface area contributed by atoms with E-state index in [4.69, 9.17) is 0 Å². The summed E-state index contributed by atoms with van der Waals surface area (Å²) in [6.07, 6.45) is 3.83. The minimum absolute atomic E-state index is 0.0946. The maximum Gasteiger partial charge on any atom is 0.250 e. The van der Waals surface area contributed by atoms with E-state index in [-0.39, 0.29) is 23.3 Å². The Labute approximate surface area is 133 Å². The van der Waals surface area contributed by atoms with Gasteiger partial charge < -0.3 is 9.47 Å². The van der Waals surface area contributed by atoms with Crippen LogP contribution < -0.4 is 5.56 Å². The molecule has 1 atom stereocenters. The van der Waals surface area contributed by atoms with Crippen molar-refractivity contribution in [3.05, 3.63) is 75.5 Å². The van der Waals surface area contributed by atoms with Crippen LogP contribution in [-0.4, -0.2) is 22.4 Å². The van der Waals surface area contributed by atoms with Crippen molar-refractivity contribution in [3.8, 4) is 0 Å². The van der Waals surface area contributed by atoms with Gasteiger partial charge in [0.25, 0.3) is 0 Å². The fourth-order valence-corrected chi connectivity index (χ4v) is 2.86. The smallest absolute Gasteiger partial charge is 0.250 e. The first kappa shape index (κ1) is 15.2. The fourth-order valence-electron chi connectivity index (χ4n) is 2.86. The Bertz CT molecular complexity index is 854. The number of carbonyl (C=O) groups excluding carboxylic acids is 1. The van der Waals surface area contributed by atoms with Crippen LogP contribution in [0.1, 0.15) is 23.6 Å². The van der Waals surface area contributed by atoms with Crippen molar-refractivity contribution < 1.29 is 9.18 Å². The minimum atomic E-state index is -0.346. The van der Waals surface area contributed by atoms with E-state index in [0.29, 0.717) is 17.6 Å². The number of carbonyl (C=O) groups is 1. The number of halogens is 1. The third kappa shape index (κ3) is 2.82. The van der Waals surface area contributed by atoms with Gasteiger partial charge in [-0.1, -0.05) is 24.3 Å². The van der Waals surface area contributed by atoms with Crippen molar-refractivity contribution in [3.63, 3.8) is 0 Å². The SMILES string of the molecule is CN1C(=O)/C(=C/c2ccccc2F)CC1c1ccc(=O)n(C)c1. The first-order chi connectivity index (χ1) is 11.0. The number of aryl methyl sites for hydroxylation is 1. The standard InChI is InChI=1S/C18H17FN2O2/c1-20-11-13(7-8-17(20)22)16-10-14(18(23)21(16)2)9-12-5-3-4-6-15(12)19/h3-9,11,16H,10H2,1-2H3/b14-9+. The highest BCUT2D eigenvalue weighted by Crippen LogP contribution is 2.35. The molecular weight excluding hydrogens is 295 g/mol. The highest BCUT2D eigenvalue weighted by molar-refractivity contribution is 6.00. The van der Waals surface area contributed by atoms with Crippen LogP contribution in [0.3, 0.4) is 0 Å². The number of likely N-dealkylation sites (N-methyl/N-ethyl adjacent to an activating group) is 1. The summed E-state index contributed by atoms with van der Waals surface area (Å²) in [5.41, 5.74) is 1.77. The number of aromatic nitrogens is 1. The molecule has 0 radical (unpaired) electrons. The van der Waals surface area contributed by atoms with Gasteiger partial charge in [0.2, 0.25) is 11.5 Å². The summed E-state index contributed by atoms with van der Waals surface area (Å²) >= 11 is 0. The molecule has 0 spiro atoms. The van der Waals surface area contributed by atoms with Crippen LogP contribution in [0.2, 0.25) is 0 Å². The number of likely N-dealkylation sites (tertiary alicyclic amines) is 1. The molecule has 0 aliphatic carbocycles. The molecule has 1 aromatic heterocycles. The van der Waals surface area contributed by atoms with Crippen LogP contribution in [0.5, 0.6) is 0 Å². The van der Waals surface area contributed by atoms with Gasteiger partial charge in [0.05, 0.1) is 6.04 Å². The van der Waals surface area contributed by atoms with Crippen LogP contribution in [0.15, 0.2) is 53.0 Å². The van der Waals surface area contributed by atoms with E-state index in [1.54, 1.807) is 55.5 Å². The zero-order valence-corrected chi connectivity index (χ0v) is 13.0. The van der Waals surface area contributed by atoms with Gasteiger partial charge in [-0.3, -0.25) is 9.59 Å². The second-order valence-electron chi connectivity index (χ2n) is 5.74. The summed E-state index contributed by atoms with van der Waals surface area (Å²) in [4.78, 5) is 25.6. The average molecular weight is 312 g/mol. The van der Waals surface area contributed by atoms with Gasteiger partial charge >= 0.3 is 0 Å². The maximum atomic E-state index is 13.8. The molecule has 0 bridgehead atoms. The molecule has 3 rings (SSSR count). The summed E-state index contributed by atoms with van der Waals surface area (Å²) in [7, 11) is 3.40. The van der Waals surface area contributed by atoms with Crippen molar-refractivity contribution in [1.82, 2.24) is 9.47 Å². The lowest BCUT2D eigenvalue weighted by Crippen LogP contribution is -2.24. The molecule has 5 heteroatoms. The Hall–Kier alpha value is -2.69. The molecular formula is C18H17FN2O2. The molecule has 1 aromatic carbocycles. The van der Waals surface area contributed by atoms with Crippen molar-refractivity contribution in [2.24, 2.45) is 7.05 Å². The Morgan fingerprint density at radius 2 is 1.87 bits per heavy atom. The Morgan fingerprint density at radius 1 is 1.13 bits per heavy atom. The van der Waals surface area contributed by atoms with E-state index < -0.39 is 0 Å². The molecule has 23 heavy (non-hydrogen) atoms. The molecule has 1 amide bonds. The van der Waals surface area contributed by atoms with E-state index >= 15 is 0 Å². The molecule has 1 unspecified atom stereocenters. The van der Waals surface area contributed by atoms with E-state index in [2.05, 4.69) is 0 Å². The molecule has 4 nitrogen and oxygen atoms in total. The van der Waals surface area contributed by atoms with Gasteiger partial charge in [-0.25, -0.2) is 4.39 Å². The monoisotopic (exact) mass is 312 g/mol. The highest BCUT2D eigenvalue weighted by Gasteiger charge is 2.33. The number of hydrogen-bond acceptors (Lipinski definition) is 2.